The minimum absolute atomic E-state index is 0.0694. The molecule has 0 aliphatic rings. The Balaban J connectivity index is 3.31. The minimum atomic E-state index is -4.94. The summed E-state index contributed by atoms with van der Waals surface area (Å²) >= 11 is 0. The van der Waals surface area contributed by atoms with Crippen LogP contribution in [0.5, 0.6) is 5.75 Å². The average Bonchev–Trinajstić information content (AvgIpc) is 2.30. The third-order valence-corrected chi connectivity index (χ3v) is 2.24. The molecule has 0 radical (unpaired) electrons. The predicted molar refractivity (Wildman–Crippen MR) is 58.5 cm³/mol. The van der Waals surface area contributed by atoms with E-state index in [1.807, 2.05) is 0 Å². The van der Waals surface area contributed by atoms with Gasteiger partial charge in [0, 0.05) is 5.56 Å². The monoisotopic (exact) mass is 273 g/mol. The molecule has 0 saturated carbocycles. The van der Waals surface area contributed by atoms with E-state index in [-0.39, 0.29) is 23.3 Å². The zero-order chi connectivity index (χ0) is 14.6. The lowest BCUT2D eigenvalue weighted by atomic mass is 10.0. The summed E-state index contributed by atoms with van der Waals surface area (Å²) in [5.74, 6) is -1.45. The summed E-state index contributed by atoms with van der Waals surface area (Å²) in [5, 5.41) is 8.76. The number of alkyl halides is 3. The molecule has 0 atom stereocenters. The molecule has 0 spiro atoms. The number of nitrogens with zero attached hydrogens (tertiary/aromatic N) is 1. The Kier molecular flexibility index (Phi) is 4.38. The lowest BCUT2D eigenvalue weighted by Gasteiger charge is -2.15. The predicted octanol–water partition coefficient (Wildman–Crippen LogP) is 2.94. The molecule has 0 bridgehead atoms. The van der Waals surface area contributed by atoms with E-state index in [0.717, 1.165) is 6.07 Å². The molecule has 0 fully saturated rings. The van der Waals surface area contributed by atoms with Crippen molar-refractivity contribution in [2.24, 2.45) is 0 Å². The Hall–Kier alpha value is -2.23. The Labute approximate surface area is 107 Å². The Bertz CT molecular complexity index is 532. The third-order valence-electron chi connectivity index (χ3n) is 2.24. The van der Waals surface area contributed by atoms with Gasteiger partial charge >= 0.3 is 12.3 Å². The van der Waals surface area contributed by atoms with Gasteiger partial charge in [0.25, 0.3) is 0 Å². The van der Waals surface area contributed by atoms with Crippen LogP contribution < -0.4 is 4.74 Å². The summed E-state index contributed by atoms with van der Waals surface area (Å²) in [7, 11) is 0. The summed E-state index contributed by atoms with van der Waals surface area (Å²) in [5.41, 5.74) is -0.460. The van der Waals surface area contributed by atoms with E-state index < -0.39 is 18.1 Å². The van der Waals surface area contributed by atoms with Crippen LogP contribution in [0.3, 0.4) is 0 Å². The van der Waals surface area contributed by atoms with Crippen LogP contribution in [0.15, 0.2) is 12.1 Å². The number of carbonyl (C=O) groups is 1. The van der Waals surface area contributed by atoms with Gasteiger partial charge in [0.15, 0.2) is 5.75 Å². The maximum Gasteiger partial charge on any atom is 0.573 e. The Morgan fingerprint density at radius 2 is 2.05 bits per heavy atom. The van der Waals surface area contributed by atoms with E-state index in [4.69, 9.17) is 10.00 Å². The van der Waals surface area contributed by atoms with E-state index in [0.29, 0.717) is 0 Å². The molecule has 0 aliphatic heterocycles. The van der Waals surface area contributed by atoms with Crippen molar-refractivity contribution in [1.82, 2.24) is 0 Å². The first-order chi connectivity index (χ1) is 8.80. The highest BCUT2D eigenvalue weighted by Gasteiger charge is 2.34. The van der Waals surface area contributed by atoms with Crippen molar-refractivity contribution in [3.8, 4) is 11.8 Å². The van der Waals surface area contributed by atoms with Gasteiger partial charge in [0.05, 0.1) is 17.7 Å². The molecule has 1 aromatic rings. The van der Waals surface area contributed by atoms with Gasteiger partial charge in [-0.3, -0.25) is 0 Å². The van der Waals surface area contributed by atoms with Crippen LogP contribution in [0.2, 0.25) is 0 Å². The number of rotatable bonds is 3. The van der Waals surface area contributed by atoms with Gasteiger partial charge in [-0.2, -0.15) is 5.26 Å². The fraction of sp³-hybridized carbons (Fsp3) is 0.333. The van der Waals surface area contributed by atoms with Crippen molar-refractivity contribution in [2.75, 3.05) is 6.61 Å². The van der Waals surface area contributed by atoms with Gasteiger partial charge in [-0.25, -0.2) is 4.79 Å². The van der Waals surface area contributed by atoms with Crippen LogP contribution >= 0.6 is 0 Å². The first-order valence-corrected chi connectivity index (χ1v) is 5.26. The molecule has 0 amide bonds. The second-order valence-corrected chi connectivity index (χ2v) is 3.49. The van der Waals surface area contributed by atoms with E-state index in [9.17, 15) is 18.0 Å². The first kappa shape index (κ1) is 14.8. The number of hydrogen-bond acceptors (Lipinski definition) is 4. The smallest absolute Gasteiger partial charge is 0.462 e. The largest absolute Gasteiger partial charge is 0.573 e. The number of ether oxygens (including phenoxy) is 2. The van der Waals surface area contributed by atoms with Gasteiger partial charge < -0.3 is 9.47 Å². The number of carbonyl (C=O) groups excluding carboxylic acids is 1. The molecule has 0 aliphatic carbocycles. The molecular formula is C12H10F3NO3. The van der Waals surface area contributed by atoms with E-state index in [1.165, 1.54) is 13.0 Å². The van der Waals surface area contributed by atoms with Crippen LogP contribution in [0, 0.1) is 18.3 Å². The minimum Gasteiger partial charge on any atom is -0.462 e. The highest BCUT2D eigenvalue weighted by molar-refractivity contribution is 5.92. The SMILES string of the molecule is CCOC(=O)c1ccc(C#N)c(OC(F)(F)F)c1C. The second-order valence-electron chi connectivity index (χ2n) is 3.49. The molecule has 0 unspecified atom stereocenters. The number of hydrogen-bond donors (Lipinski definition) is 0. The fourth-order valence-corrected chi connectivity index (χ4v) is 1.46. The van der Waals surface area contributed by atoms with E-state index >= 15 is 0 Å². The molecule has 7 heteroatoms. The molecule has 1 rings (SSSR count). The van der Waals surface area contributed by atoms with Gasteiger partial charge in [-0.15, -0.1) is 13.2 Å². The van der Waals surface area contributed by atoms with Crippen LogP contribution in [-0.4, -0.2) is 18.9 Å². The van der Waals surface area contributed by atoms with Crippen molar-refractivity contribution in [2.45, 2.75) is 20.2 Å². The summed E-state index contributed by atoms with van der Waals surface area (Å²) in [6, 6.07) is 3.89. The zero-order valence-electron chi connectivity index (χ0n) is 10.2. The summed E-state index contributed by atoms with van der Waals surface area (Å²) < 4.78 is 45.3. The molecule has 19 heavy (non-hydrogen) atoms. The quantitative estimate of drug-likeness (QED) is 0.794. The van der Waals surface area contributed by atoms with Crippen LogP contribution in [0.4, 0.5) is 13.2 Å². The topological polar surface area (TPSA) is 59.3 Å². The average molecular weight is 273 g/mol. The normalized spacial score (nSPS) is 10.7. The summed E-state index contributed by atoms with van der Waals surface area (Å²) in [6.45, 7) is 2.92. The molecular weight excluding hydrogens is 263 g/mol. The molecule has 0 aromatic heterocycles. The van der Waals surface area contributed by atoms with Crippen molar-refractivity contribution in [3.05, 3.63) is 28.8 Å². The number of esters is 1. The van der Waals surface area contributed by atoms with Crippen molar-refractivity contribution in [3.63, 3.8) is 0 Å². The Morgan fingerprint density at radius 3 is 2.53 bits per heavy atom. The maximum absolute atomic E-state index is 12.3. The summed E-state index contributed by atoms with van der Waals surface area (Å²) in [4.78, 5) is 11.5. The molecule has 0 saturated heterocycles. The lowest BCUT2D eigenvalue weighted by molar-refractivity contribution is -0.275. The third kappa shape index (κ3) is 3.61. The Morgan fingerprint density at radius 1 is 1.42 bits per heavy atom. The highest BCUT2D eigenvalue weighted by atomic mass is 19.4. The van der Waals surface area contributed by atoms with Crippen molar-refractivity contribution >= 4 is 5.97 Å². The zero-order valence-corrected chi connectivity index (χ0v) is 10.2. The molecule has 4 nitrogen and oxygen atoms in total. The van der Waals surface area contributed by atoms with E-state index in [1.54, 1.807) is 13.0 Å². The van der Waals surface area contributed by atoms with Gasteiger partial charge in [-0.1, -0.05) is 0 Å². The molecule has 1 aromatic carbocycles. The molecule has 0 N–H and O–H groups in total. The van der Waals surface area contributed by atoms with Crippen LogP contribution in [-0.2, 0) is 4.74 Å². The number of halogens is 3. The van der Waals surface area contributed by atoms with Gasteiger partial charge in [0.2, 0.25) is 0 Å². The van der Waals surface area contributed by atoms with Crippen molar-refractivity contribution < 1.29 is 27.4 Å². The number of benzene rings is 1. The second kappa shape index (κ2) is 5.61. The fourth-order valence-electron chi connectivity index (χ4n) is 1.46. The lowest BCUT2D eigenvalue weighted by Crippen LogP contribution is -2.19. The summed E-state index contributed by atoms with van der Waals surface area (Å²) in [6.07, 6.45) is -4.94. The van der Waals surface area contributed by atoms with E-state index in [2.05, 4.69) is 4.74 Å². The maximum atomic E-state index is 12.3. The van der Waals surface area contributed by atoms with Gasteiger partial charge in [0.1, 0.15) is 6.07 Å². The molecule has 0 heterocycles. The standard InChI is InChI=1S/C12H10F3NO3/c1-3-18-11(17)9-5-4-8(6-16)10(7(9)2)19-12(13,14)15/h4-5H,3H2,1-2H3. The highest BCUT2D eigenvalue weighted by Crippen LogP contribution is 2.31. The van der Waals surface area contributed by atoms with Crippen LogP contribution in [0.1, 0.15) is 28.4 Å². The van der Waals surface area contributed by atoms with Crippen LogP contribution in [0.25, 0.3) is 0 Å². The van der Waals surface area contributed by atoms with Gasteiger partial charge in [-0.05, 0) is 26.0 Å². The first-order valence-electron chi connectivity index (χ1n) is 5.26. The number of nitriles is 1. The molecule has 102 valence electrons. The van der Waals surface area contributed by atoms with Crippen molar-refractivity contribution in [1.29, 1.82) is 5.26 Å².